The van der Waals surface area contributed by atoms with E-state index in [2.05, 4.69) is 12.2 Å². The highest BCUT2D eigenvalue weighted by Gasteiger charge is 2.28. The smallest absolute Gasteiger partial charge is 0.0693 e. The van der Waals surface area contributed by atoms with Crippen molar-refractivity contribution in [3.63, 3.8) is 0 Å². The summed E-state index contributed by atoms with van der Waals surface area (Å²) >= 11 is 11.9. The summed E-state index contributed by atoms with van der Waals surface area (Å²) in [4.78, 5) is 0. The maximum atomic E-state index is 5.99. The molecule has 0 aliphatic carbocycles. The average molecular weight is 275 g/mol. The minimum absolute atomic E-state index is 0.0937. The zero-order chi connectivity index (χ0) is 12.5. The molecule has 17 heavy (non-hydrogen) atoms. The Morgan fingerprint density at radius 1 is 1.35 bits per heavy atom. The van der Waals surface area contributed by atoms with Crippen molar-refractivity contribution in [2.45, 2.75) is 25.3 Å². The molecule has 94 valence electrons. The van der Waals surface area contributed by atoms with Crippen molar-refractivity contribution in [3.8, 4) is 0 Å². The fourth-order valence-corrected chi connectivity index (χ4v) is 2.36. The largest absolute Gasteiger partial charge is 0.397 e. The van der Waals surface area contributed by atoms with Crippen LogP contribution in [0, 0.1) is 0 Å². The summed E-state index contributed by atoms with van der Waals surface area (Å²) in [6, 6.07) is 3.43. The second kappa shape index (κ2) is 4.92. The van der Waals surface area contributed by atoms with Crippen LogP contribution in [-0.4, -0.2) is 18.8 Å². The lowest BCUT2D eigenvalue weighted by Crippen LogP contribution is -2.43. The van der Waals surface area contributed by atoms with Crippen LogP contribution in [0.3, 0.4) is 0 Å². The second-order valence-corrected chi connectivity index (χ2v) is 5.51. The van der Waals surface area contributed by atoms with Crippen LogP contribution in [0.15, 0.2) is 12.1 Å². The maximum absolute atomic E-state index is 5.99. The summed E-state index contributed by atoms with van der Waals surface area (Å²) in [7, 11) is 0. The van der Waals surface area contributed by atoms with Gasteiger partial charge in [0, 0.05) is 6.61 Å². The molecule has 1 aliphatic heterocycles. The molecular weight excluding hydrogens is 259 g/mol. The number of benzene rings is 1. The van der Waals surface area contributed by atoms with Gasteiger partial charge < -0.3 is 15.8 Å². The molecule has 0 saturated carbocycles. The fraction of sp³-hybridized carbons (Fsp3) is 0.500. The van der Waals surface area contributed by atoms with Gasteiger partial charge in [0.05, 0.1) is 33.6 Å². The first-order valence-corrected chi connectivity index (χ1v) is 6.36. The lowest BCUT2D eigenvalue weighted by Gasteiger charge is -2.35. The number of halogens is 2. The molecule has 3 nitrogen and oxygen atoms in total. The van der Waals surface area contributed by atoms with Crippen molar-refractivity contribution in [3.05, 3.63) is 22.2 Å². The minimum atomic E-state index is -0.0937. The van der Waals surface area contributed by atoms with Crippen LogP contribution in [0.2, 0.25) is 10.0 Å². The molecule has 1 aromatic carbocycles. The predicted octanol–water partition coefficient (Wildman–Crippen LogP) is 3.56. The molecule has 5 heteroatoms. The molecule has 1 aliphatic rings. The number of nitrogen functional groups attached to an aromatic ring is 1. The summed E-state index contributed by atoms with van der Waals surface area (Å²) < 4.78 is 5.49. The Balaban J connectivity index is 2.20. The lowest BCUT2D eigenvalue weighted by molar-refractivity contribution is 0.0540. The molecule has 1 aromatic rings. The maximum Gasteiger partial charge on any atom is 0.0693 e. The summed E-state index contributed by atoms with van der Waals surface area (Å²) in [6.07, 6.45) is 2.09. The van der Waals surface area contributed by atoms with E-state index in [4.69, 9.17) is 33.7 Å². The lowest BCUT2D eigenvalue weighted by atomic mass is 9.94. The summed E-state index contributed by atoms with van der Waals surface area (Å²) in [5.74, 6) is 0. The van der Waals surface area contributed by atoms with E-state index in [-0.39, 0.29) is 5.54 Å². The van der Waals surface area contributed by atoms with E-state index in [9.17, 15) is 0 Å². The van der Waals surface area contributed by atoms with Crippen LogP contribution in [0.5, 0.6) is 0 Å². The van der Waals surface area contributed by atoms with Crippen LogP contribution in [-0.2, 0) is 4.74 Å². The molecule has 0 amide bonds. The molecule has 0 spiro atoms. The van der Waals surface area contributed by atoms with Crippen LogP contribution in [0.1, 0.15) is 19.8 Å². The van der Waals surface area contributed by atoms with Gasteiger partial charge >= 0.3 is 0 Å². The first kappa shape index (κ1) is 12.8. The number of hydrogen-bond acceptors (Lipinski definition) is 3. The molecule has 0 aromatic heterocycles. The van der Waals surface area contributed by atoms with Gasteiger partial charge in [-0.15, -0.1) is 0 Å². The minimum Gasteiger partial charge on any atom is -0.397 e. The topological polar surface area (TPSA) is 47.3 Å². The first-order chi connectivity index (χ1) is 8.00. The Morgan fingerprint density at radius 2 is 2.06 bits per heavy atom. The van der Waals surface area contributed by atoms with E-state index in [1.54, 1.807) is 12.1 Å². The van der Waals surface area contributed by atoms with Crippen molar-refractivity contribution in [1.82, 2.24) is 0 Å². The summed E-state index contributed by atoms with van der Waals surface area (Å²) in [5, 5.41) is 4.38. The Bertz CT molecular complexity index is 417. The van der Waals surface area contributed by atoms with Gasteiger partial charge in [0.1, 0.15) is 0 Å². The van der Waals surface area contributed by atoms with Gasteiger partial charge in [-0.1, -0.05) is 23.2 Å². The van der Waals surface area contributed by atoms with E-state index >= 15 is 0 Å². The standard InChI is InChI=1S/C12H16Cl2N2O/c1-12(3-2-4-17-7-12)16-11-6-9(14)8(13)5-10(11)15/h5-6,16H,2-4,7,15H2,1H3. The Morgan fingerprint density at radius 3 is 2.71 bits per heavy atom. The number of nitrogens with two attached hydrogens (primary N) is 1. The molecule has 1 atom stereocenters. The third-order valence-corrected chi connectivity index (χ3v) is 3.69. The van der Waals surface area contributed by atoms with E-state index in [1.807, 2.05) is 0 Å². The third kappa shape index (κ3) is 2.97. The van der Waals surface area contributed by atoms with Crippen LogP contribution >= 0.6 is 23.2 Å². The van der Waals surface area contributed by atoms with E-state index in [0.29, 0.717) is 22.3 Å². The number of rotatable bonds is 2. The second-order valence-electron chi connectivity index (χ2n) is 4.70. The Hall–Kier alpha value is -0.640. The quantitative estimate of drug-likeness (QED) is 0.811. The zero-order valence-electron chi connectivity index (χ0n) is 9.72. The molecule has 0 bridgehead atoms. The van der Waals surface area contributed by atoms with E-state index < -0.39 is 0 Å². The van der Waals surface area contributed by atoms with Crippen LogP contribution in [0.4, 0.5) is 11.4 Å². The van der Waals surface area contributed by atoms with Gasteiger partial charge in [0.15, 0.2) is 0 Å². The van der Waals surface area contributed by atoms with Gasteiger partial charge in [0.25, 0.3) is 0 Å². The number of anilines is 2. The molecule has 3 N–H and O–H groups in total. The molecule has 1 fully saturated rings. The molecule has 1 unspecified atom stereocenters. The fourth-order valence-electron chi connectivity index (χ4n) is 2.03. The number of ether oxygens (including phenoxy) is 1. The Labute approximate surface area is 111 Å². The first-order valence-electron chi connectivity index (χ1n) is 5.61. The Kier molecular flexibility index (Phi) is 3.71. The molecular formula is C12H16Cl2N2O. The normalized spacial score (nSPS) is 24.6. The van der Waals surface area contributed by atoms with Crippen LogP contribution < -0.4 is 11.1 Å². The van der Waals surface area contributed by atoms with Crippen molar-refractivity contribution in [2.75, 3.05) is 24.3 Å². The van der Waals surface area contributed by atoms with Crippen molar-refractivity contribution >= 4 is 34.6 Å². The van der Waals surface area contributed by atoms with Crippen molar-refractivity contribution < 1.29 is 4.74 Å². The highest BCUT2D eigenvalue weighted by Crippen LogP contribution is 2.33. The van der Waals surface area contributed by atoms with Crippen molar-refractivity contribution in [1.29, 1.82) is 0 Å². The zero-order valence-corrected chi connectivity index (χ0v) is 11.2. The number of hydrogen-bond donors (Lipinski definition) is 2. The van der Waals surface area contributed by atoms with Gasteiger partial charge in [-0.25, -0.2) is 0 Å². The average Bonchev–Trinajstić information content (AvgIpc) is 2.26. The molecule has 0 radical (unpaired) electrons. The highest BCUT2D eigenvalue weighted by molar-refractivity contribution is 6.42. The van der Waals surface area contributed by atoms with Crippen molar-refractivity contribution in [2.24, 2.45) is 0 Å². The molecule has 1 saturated heterocycles. The summed E-state index contributed by atoms with van der Waals surface area (Å²) in [6.45, 7) is 3.62. The van der Waals surface area contributed by atoms with Gasteiger partial charge in [-0.3, -0.25) is 0 Å². The van der Waals surface area contributed by atoms with Gasteiger partial charge in [-0.05, 0) is 31.9 Å². The van der Waals surface area contributed by atoms with Gasteiger partial charge in [-0.2, -0.15) is 0 Å². The van der Waals surface area contributed by atoms with Crippen LogP contribution in [0.25, 0.3) is 0 Å². The third-order valence-electron chi connectivity index (χ3n) is 2.97. The molecule has 1 heterocycles. The monoisotopic (exact) mass is 274 g/mol. The highest BCUT2D eigenvalue weighted by atomic mass is 35.5. The van der Waals surface area contributed by atoms with E-state index in [0.717, 1.165) is 25.1 Å². The SMILES string of the molecule is CC1(Nc2cc(Cl)c(Cl)cc2N)CCCOC1. The number of nitrogens with one attached hydrogen (secondary N) is 1. The predicted molar refractivity (Wildman–Crippen MR) is 73.0 cm³/mol. The van der Waals surface area contributed by atoms with E-state index in [1.165, 1.54) is 0 Å². The molecule has 2 rings (SSSR count). The summed E-state index contributed by atoms with van der Waals surface area (Å²) in [5.41, 5.74) is 7.24. The van der Waals surface area contributed by atoms with Gasteiger partial charge in [0.2, 0.25) is 0 Å².